The van der Waals surface area contributed by atoms with Gasteiger partial charge in [0, 0.05) is 22.0 Å². The maximum atomic E-state index is 11.7. The predicted molar refractivity (Wildman–Crippen MR) is 178 cm³/mol. The van der Waals surface area contributed by atoms with Crippen molar-refractivity contribution >= 4 is 90.6 Å². The normalized spacial score (nSPS) is 11.4. The summed E-state index contributed by atoms with van der Waals surface area (Å²) in [5.74, 6) is -2.63. The van der Waals surface area contributed by atoms with E-state index in [1.807, 2.05) is 24.3 Å². The van der Waals surface area contributed by atoms with Crippen LogP contribution in [0.1, 0.15) is 20.7 Å². The molecule has 0 atom stereocenters. The van der Waals surface area contributed by atoms with Crippen LogP contribution < -0.4 is 16.0 Å². The van der Waals surface area contributed by atoms with Gasteiger partial charge in [-0.15, -0.1) is 4.33 Å². The number of hydrogen-bond donors (Lipinski definition) is 7. The summed E-state index contributed by atoms with van der Waals surface area (Å²) in [6.45, 7) is 0. The average Bonchev–Trinajstić information content (AvgIpc) is 3.06. The van der Waals surface area contributed by atoms with Crippen molar-refractivity contribution in [1.29, 1.82) is 0 Å². The molecule has 0 aliphatic heterocycles. The second kappa shape index (κ2) is 13.7. The minimum atomic E-state index is -4.39. The van der Waals surface area contributed by atoms with Crippen molar-refractivity contribution in [1.82, 2.24) is 15.0 Å². The molecule has 7 N–H and O–H groups in total. The number of carbonyl (C=O) groups is 2. The highest BCUT2D eigenvalue weighted by atomic mass is 32.2. The summed E-state index contributed by atoms with van der Waals surface area (Å²) in [6, 6.07) is 23.4. The van der Waals surface area contributed by atoms with E-state index < -0.39 is 22.1 Å². The van der Waals surface area contributed by atoms with Crippen LogP contribution in [0.15, 0.2) is 101 Å². The number of carboxylic acids is 2. The van der Waals surface area contributed by atoms with Crippen molar-refractivity contribution in [2.24, 2.45) is 0 Å². The van der Waals surface area contributed by atoms with Gasteiger partial charge in [-0.3, -0.25) is 4.55 Å². The summed E-state index contributed by atoms with van der Waals surface area (Å²) in [5, 5.41) is 43.0. The molecule has 6 aromatic rings. The zero-order valence-electron chi connectivity index (χ0n) is 24.6. The van der Waals surface area contributed by atoms with Crippen LogP contribution in [-0.2, 0) is 19.5 Å². The van der Waals surface area contributed by atoms with Crippen LogP contribution in [0.2, 0.25) is 0 Å². The Morgan fingerprint density at radius 3 is 1.59 bits per heavy atom. The highest BCUT2D eigenvalue weighted by molar-refractivity contribution is 7.94. The van der Waals surface area contributed by atoms with Crippen molar-refractivity contribution in [2.75, 3.05) is 16.0 Å². The number of fused-ring (bicyclic) bond motifs is 2. The van der Waals surface area contributed by atoms with Crippen LogP contribution in [0.25, 0.3) is 21.5 Å². The summed E-state index contributed by atoms with van der Waals surface area (Å²) >= 11 is 0.825. The third-order valence-corrected chi connectivity index (χ3v) is 8.34. The number of carboxylic acid groups (broad SMARTS) is 2. The Kier molecular flexibility index (Phi) is 9.23. The number of anilines is 6. The van der Waals surface area contributed by atoms with Gasteiger partial charge >= 0.3 is 11.9 Å². The Morgan fingerprint density at radius 1 is 0.612 bits per heavy atom. The summed E-state index contributed by atoms with van der Waals surface area (Å²) in [5.41, 5.74) is 0.651. The molecule has 49 heavy (non-hydrogen) atoms. The Labute approximate surface area is 280 Å². The molecule has 0 amide bonds. The number of nitrogens with zero attached hydrogens (tertiary/aromatic N) is 3. The van der Waals surface area contributed by atoms with Crippen LogP contribution in [0, 0.1) is 0 Å². The number of benzene rings is 5. The molecular formula is C31H22N6O10S2. The maximum absolute atomic E-state index is 11.7. The van der Waals surface area contributed by atoms with Crippen LogP contribution >= 0.6 is 12.0 Å². The molecule has 16 nitrogen and oxygen atoms in total. The molecule has 0 aliphatic rings. The lowest BCUT2D eigenvalue weighted by Gasteiger charge is -2.13. The van der Waals surface area contributed by atoms with Gasteiger partial charge in [0.25, 0.3) is 10.1 Å². The van der Waals surface area contributed by atoms with Crippen LogP contribution in [0.5, 0.6) is 0 Å². The van der Waals surface area contributed by atoms with Crippen molar-refractivity contribution in [3.63, 3.8) is 0 Å². The van der Waals surface area contributed by atoms with E-state index in [1.54, 1.807) is 30.3 Å². The fourth-order valence-electron chi connectivity index (χ4n) is 4.75. The Morgan fingerprint density at radius 2 is 1.08 bits per heavy atom. The van der Waals surface area contributed by atoms with Gasteiger partial charge in [-0.25, -0.2) is 14.8 Å². The van der Waals surface area contributed by atoms with E-state index in [0.29, 0.717) is 27.0 Å². The number of aromatic nitrogens is 3. The van der Waals surface area contributed by atoms with E-state index in [2.05, 4.69) is 40.3 Å². The molecule has 6 rings (SSSR count). The number of rotatable bonds is 12. The molecule has 0 spiro atoms. The number of nitrogens with one attached hydrogen (secondary N) is 3. The van der Waals surface area contributed by atoms with Gasteiger partial charge in [-0.2, -0.15) is 23.4 Å². The summed E-state index contributed by atoms with van der Waals surface area (Å²) in [6.07, 6.45) is 0. The fourth-order valence-corrected chi connectivity index (χ4v) is 5.67. The molecule has 0 fully saturated rings. The van der Waals surface area contributed by atoms with Gasteiger partial charge in [0.05, 0.1) is 28.1 Å². The Bertz CT molecular complexity index is 2340. The third kappa shape index (κ3) is 7.99. The molecule has 248 valence electrons. The molecule has 0 saturated heterocycles. The molecule has 0 aliphatic carbocycles. The van der Waals surface area contributed by atoms with Crippen LogP contribution in [0.3, 0.4) is 0 Å². The summed E-state index contributed by atoms with van der Waals surface area (Å²) in [4.78, 5) is 37.0. The minimum absolute atomic E-state index is 0.0373. The maximum Gasteiger partial charge on any atom is 0.335 e. The largest absolute Gasteiger partial charge is 0.478 e. The van der Waals surface area contributed by atoms with E-state index in [4.69, 9.17) is 5.26 Å². The van der Waals surface area contributed by atoms with Gasteiger partial charge in [-0.05, 0) is 88.3 Å². The smallest absolute Gasteiger partial charge is 0.335 e. The highest BCUT2D eigenvalue weighted by Gasteiger charge is 2.15. The average molecular weight is 703 g/mol. The quantitative estimate of drug-likeness (QED) is 0.0312. The summed E-state index contributed by atoms with van der Waals surface area (Å²) in [7, 11) is -4.39. The van der Waals surface area contributed by atoms with E-state index in [1.165, 1.54) is 30.3 Å². The molecular weight excluding hydrogens is 681 g/mol. The highest BCUT2D eigenvalue weighted by Crippen LogP contribution is 2.29. The molecule has 0 unspecified atom stereocenters. The van der Waals surface area contributed by atoms with Crippen LogP contribution in [0.4, 0.5) is 34.9 Å². The van der Waals surface area contributed by atoms with Gasteiger partial charge < -0.3 is 26.2 Å². The van der Waals surface area contributed by atoms with Gasteiger partial charge in [0.2, 0.25) is 17.8 Å². The van der Waals surface area contributed by atoms with E-state index in [0.717, 1.165) is 28.9 Å². The third-order valence-electron chi connectivity index (χ3n) is 6.91. The van der Waals surface area contributed by atoms with Crippen molar-refractivity contribution in [2.45, 2.75) is 9.79 Å². The van der Waals surface area contributed by atoms with Crippen LogP contribution in [-0.4, -0.2) is 55.3 Å². The second-order valence-corrected chi connectivity index (χ2v) is 12.4. The topological polar surface area (TPSA) is 242 Å². The molecule has 5 aromatic carbocycles. The molecule has 18 heteroatoms. The zero-order valence-corrected chi connectivity index (χ0v) is 26.2. The first-order valence-corrected chi connectivity index (χ1v) is 16.0. The molecule has 1 aromatic heterocycles. The van der Waals surface area contributed by atoms with Gasteiger partial charge in [-0.1, -0.05) is 29.3 Å². The van der Waals surface area contributed by atoms with Gasteiger partial charge in [0.1, 0.15) is 0 Å². The zero-order chi connectivity index (χ0) is 34.7. The molecule has 0 bridgehead atoms. The lowest BCUT2D eigenvalue weighted by molar-refractivity contribution is -0.432. The number of hydrogen-bond acceptors (Lipinski definition) is 14. The Hall–Kier alpha value is -5.89. The lowest BCUT2D eigenvalue weighted by Crippen LogP contribution is -2.09. The molecule has 1 heterocycles. The standard InChI is InChI=1S/C31H22N6O10S2/c38-27(39)20-9-21(28(40)41)13-24(12-20)34-31-36-29(32-22-5-1-18-14-25(48-47-46-42)7-3-16(18)10-22)35-30(37-31)33-23-6-2-19-15-26(49(43,44)45)8-4-17(19)11-23/h1-15,42H,(H,38,39)(H,40,41)(H,43,44,45)(H3,32,33,34,35,36,37). The van der Waals surface area contributed by atoms with E-state index in [9.17, 15) is 32.8 Å². The van der Waals surface area contributed by atoms with E-state index in [-0.39, 0.29) is 39.6 Å². The SMILES string of the molecule is O=C(O)c1cc(Nc2nc(Nc3ccc4cc(SOOO)ccc4c3)nc(Nc3ccc4cc(S(=O)(=O)O)ccc4c3)n2)cc(C(=O)O)c1. The van der Waals surface area contributed by atoms with E-state index >= 15 is 0 Å². The molecule has 0 radical (unpaired) electrons. The lowest BCUT2D eigenvalue weighted by atomic mass is 10.1. The molecule has 0 saturated carbocycles. The monoisotopic (exact) mass is 702 g/mol. The first-order chi connectivity index (χ1) is 23.4. The predicted octanol–water partition coefficient (Wildman–Crippen LogP) is 6.48. The number of aromatic carboxylic acids is 2. The fraction of sp³-hybridized carbons (Fsp3) is 0. The second-order valence-electron chi connectivity index (χ2n) is 10.2. The minimum Gasteiger partial charge on any atom is -0.478 e. The summed E-state index contributed by atoms with van der Waals surface area (Å²) < 4.78 is 37.0. The Balaban J connectivity index is 1.35. The van der Waals surface area contributed by atoms with Crippen molar-refractivity contribution < 1.29 is 47.4 Å². The first-order valence-electron chi connectivity index (χ1n) is 13.8. The van der Waals surface area contributed by atoms with Crippen molar-refractivity contribution in [3.05, 3.63) is 102 Å². The first kappa shape index (κ1) is 33.0. The van der Waals surface area contributed by atoms with Crippen molar-refractivity contribution in [3.8, 4) is 0 Å². The van der Waals surface area contributed by atoms with Gasteiger partial charge in [0.15, 0.2) is 0 Å².